The van der Waals surface area contributed by atoms with E-state index in [2.05, 4.69) is 121 Å². The van der Waals surface area contributed by atoms with Gasteiger partial charge in [0, 0.05) is 0 Å². The Morgan fingerprint density at radius 3 is 1.54 bits per heavy atom. The fourth-order valence-electron chi connectivity index (χ4n) is 2.70. The molecule has 0 heterocycles. The Labute approximate surface area is 160 Å². The predicted octanol–water partition coefficient (Wildman–Crippen LogP) is 3.63. The third kappa shape index (κ3) is 4.33. The zero-order valence-electron chi connectivity index (χ0n) is 13.3. The zero-order chi connectivity index (χ0) is 16.8. The van der Waals surface area contributed by atoms with Crippen LogP contribution in [-0.2, 0) is 0 Å². The van der Waals surface area contributed by atoms with Crippen LogP contribution in [0.4, 0.5) is 0 Å². The molecule has 24 heavy (non-hydrogen) atoms. The first-order valence-corrected chi connectivity index (χ1v) is 15.8. The quantitative estimate of drug-likeness (QED) is 0.375. The van der Waals surface area contributed by atoms with Crippen LogP contribution in [0.1, 0.15) is 0 Å². The van der Waals surface area contributed by atoms with Crippen LogP contribution in [-0.4, -0.2) is 42.5 Å². The Morgan fingerprint density at radius 1 is 0.667 bits per heavy atom. The van der Waals surface area contributed by atoms with Gasteiger partial charge in [-0.25, -0.2) is 0 Å². The van der Waals surface area contributed by atoms with Crippen LogP contribution >= 0.6 is 11.7 Å². The summed E-state index contributed by atoms with van der Waals surface area (Å²) >= 11 is 7.08. The van der Waals surface area contributed by atoms with E-state index in [1.165, 1.54) is 28.2 Å². The van der Waals surface area contributed by atoms with Crippen molar-refractivity contribution in [1.82, 2.24) is 0 Å². The van der Waals surface area contributed by atoms with Crippen molar-refractivity contribution in [3.63, 3.8) is 0 Å². The van der Waals surface area contributed by atoms with Crippen molar-refractivity contribution in [2.45, 2.75) is 0 Å². The summed E-state index contributed by atoms with van der Waals surface area (Å²) in [6.45, 7) is 0. The second-order valence-electron chi connectivity index (χ2n) is 5.57. The van der Waals surface area contributed by atoms with E-state index in [1.807, 2.05) is 0 Å². The van der Waals surface area contributed by atoms with Crippen molar-refractivity contribution in [3.8, 4) is 0 Å². The number of hydrogen-bond donors (Lipinski definition) is 0. The monoisotopic (exact) mass is 481 g/mol. The number of benzene rings is 3. The second kappa shape index (κ2) is 8.69. The molecule has 120 valence electrons. The molecule has 1 unspecified atom stereocenters. The molecule has 0 aliphatic rings. The molecule has 3 rings (SSSR count). The van der Waals surface area contributed by atoms with Gasteiger partial charge in [0.05, 0.1) is 0 Å². The van der Waals surface area contributed by atoms with Crippen LogP contribution in [0.25, 0.3) is 0 Å². The topological polar surface area (TPSA) is 0 Å². The van der Waals surface area contributed by atoms with Gasteiger partial charge in [-0.2, -0.15) is 0 Å². The van der Waals surface area contributed by atoms with Crippen LogP contribution in [0.2, 0.25) is 0 Å². The van der Waals surface area contributed by atoms with E-state index in [9.17, 15) is 0 Å². The summed E-state index contributed by atoms with van der Waals surface area (Å²) in [6, 6.07) is 32.8. The van der Waals surface area contributed by atoms with E-state index in [0.717, 1.165) is 0 Å². The summed E-state index contributed by atoms with van der Waals surface area (Å²) in [4.78, 5) is 0. The van der Waals surface area contributed by atoms with Gasteiger partial charge >= 0.3 is 161 Å². The summed E-state index contributed by atoms with van der Waals surface area (Å²) in [7, 11) is 0. The SMILES string of the molecule is [Se]=[P+](CCP(=[Se])(c1ccccc1)c1ccccc1)c1ccccc1. The summed E-state index contributed by atoms with van der Waals surface area (Å²) in [6.07, 6.45) is 2.15. The standard InChI is InChI=1S/C20H19P2Se2/c23-21(18-10-4-1-5-11-18)16-17-22(24,19-12-6-2-7-13-19)20-14-8-3-9-15-20/h1-15H,16-17H2/q+1. The normalized spacial score (nSPS) is 11.9. The molecular formula is C20H19P2Se2+. The summed E-state index contributed by atoms with van der Waals surface area (Å²) < 4.78 is 0. The summed E-state index contributed by atoms with van der Waals surface area (Å²) in [5.74, 6) is 0. The van der Waals surface area contributed by atoms with Gasteiger partial charge in [0.25, 0.3) is 0 Å². The molecule has 0 saturated carbocycles. The third-order valence-corrected chi connectivity index (χ3v) is 15.3. The second-order valence-corrected chi connectivity index (χ2v) is 16.9. The van der Waals surface area contributed by atoms with Gasteiger partial charge in [-0.15, -0.1) is 0 Å². The van der Waals surface area contributed by atoms with Crippen molar-refractivity contribution < 1.29 is 0 Å². The van der Waals surface area contributed by atoms with E-state index in [4.69, 9.17) is 0 Å². The first-order valence-electron chi connectivity index (χ1n) is 7.90. The van der Waals surface area contributed by atoms with Crippen molar-refractivity contribution in [2.24, 2.45) is 0 Å². The van der Waals surface area contributed by atoms with E-state index >= 15 is 0 Å². The molecule has 0 aliphatic heterocycles. The van der Waals surface area contributed by atoms with Gasteiger partial charge in [0.2, 0.25) is 0 Å². The summed E-state index contributed by atoms with van der Waals surface area (Å²) in [5.41, 5.74) is -1.48. The molecule has 0 aliphatic carbocycles. The Bertz CT molecular complexity index is 803. The van der Waals surface area contributed by atoms with Crippen LogP contribution in [0.15, 0.2) is 91.0 Å². The van der Waals surface area contributed by atoms with Crippen LogP contribution in [0.3, 0.4) is 0 Å². The molecule has 4 heteroatoms. The predicted molar refractivity (Wildman–Crippen MR) is 113 cm³/mol. The molecule has 0 amide bonds. The van der Waals surface area contributed by atoms with Gasteiger partial charge in [-0.05, 0) is 0 Å². The van der Waals surface area contributed by atoms with Gasteiger partial charge in [-0.3, -0.25) is 0 Å². The van der Waals surface area contributed by atoms with Crippen LogP contribution in [0.5, 0.6) is 0 Å². The molecule has 0 fully saturated rings. The fourth-order valence-corrected chi connectivity index (χ4v) is 12.8. The molecule has 0 bridgehead atoms. The van der Waals surface area contributed by atoms with E-state index in [1.54, 1.807) is 0 Å². The maximum atomic E-state index is 3.64. The fraction of sp³-hybridized carbons (Fsp3) is 0.100. The Hall–Kier alpha value is -0.571. The van der Waals surface area contributed by atoms with E-state index in [0.29, 0.717) is 0 Å². The molecule has 0 saturated heterocycles. The Morgan fingerprint density at radius 2 is 1.08 bits per heavy atom. The number of hydrogen-bond acceptors (Lipinski definition) is 0. The van der Waals surface area contributed by atoms with Gasteiger partial charge in [-0.1, -0.05) is 0 Å². The molecular weight excluding hydrogens is 460 g/mol. The molecule has 0 N–H and O–H groups in total. The molecule has 0 radical (unpaired) electrons. The number of rotatable bonds is 6. The van der Waals surface area contributed by atoms with Crippen molar-refractivity contribution in [1.29, 1.82) is 0 Å². The molecule has 0 aromatic heterocycles. The maximum absolute atomic E-state index is 3.64. The average molecular weight is 479 g/mol. The van der Waals surface area contributed by atoms with Crippen LogP contribution in [0, 0.1) is 0 Å². The van der Waals surface area contributed by atoms with Crippen molar-refractivity contribution >= 4 is 57.8 Å². The minimum absolute atomic E-state index is 0.238. The van der Waals surface area contributed by atoms with Gasteiger partial charge < -0.3 is 0 Å². The molecule has 3 aromatic carbocycles. The van der Waals surface area contributed by atoms with E-state index in [-0.39, 0.29) is 6.17 Å². The molecule has 0 nitrogen and oxygen atoms in total. The Kier molecular flexibility index (Phi) is 6.60. The molecule has 3 aromatic rings. The third-order valence-electron chi connectivity index (χ3n) is 4.01. The average Bonchev–Trinajstić information content (AvgIpc) is 2.68. The zero-order valence-corrected chi connectivity index (χ0v) is 18.5. The van der Waals surface area contributed by atoms with Gasteiger partial charge in [0.1, 0.15) is 0 Å². The molecule has 0 spiro atoms. The van der Waals surface area contributed by atoms with Gasteiger partial charge in [0.15, 0.2) is 0 Å². The van der Waals surface area contributed by atoms with Crippen molar-refractivity contribution in [3.05, 3.63) is 91.0 Å². The first-order chi connectivity index (χ1) is 11.7. The minimum atomic E-state index is -1.48. The summed E-state index contributed by atoms with van der Waals surface area (Å²) in [5, 5.41) is 4.35. The van der Waals surface area contributed by atoms with E-state index < -0.39 is 5.51 Å². The Balaban J connectivity index is 1.89. The van der Waals surface area contributed by atoms with Crippen LogP contribution < -0.4 is 15.9 Å². The van der Waals surface area contributed by atoms with Crippen molar-refractivity contribution in [2.75, 3.05) is 12.3 Å². The molecule has 1 atom stereocenters. The first kappa shape index (κ1) is 18.2.